The Balaban J connectivity index is 2.45. The van der Waals surface area contributed by atoms with Gasteiger partial charge in [0.25, 0.3) is 0 Å². The topological polar surface area (TPSA) is 38.3 Å². The molecule has 1 aliphatic rings. The fourth-order valence-electron chi connectivity index (χ4n) is 2.69. The second-order valence-electron chi connectivity index (χ2n) is 5.66. The Morgan fingerprint density at radius 2 is 2.11 bits per heavy atom. The van der Waals surface area contributed by atoms with Crippen molar-refractivity contribution in [3.63, 3.8) is 0 Å². The summed E-state index contributed by atoms with van der Waals surface area (Å²) in [5.74, 6) is 2.56. The predicted octanol–water partition coefficient (Wildman–Crippen LogP) is 3.03. The molecule has 0 aromatic rings. The van der Waals surface area contributed by atoms with E-state index >= 15 is 0 Å². The first-order chi connectivity index (χ1) is 9.12. The van der Waals surface area contributed by atoms with E-state index in [4.69, 9.17) is 11.2 Å². The lowest BCUT2D eigenvalue weighted by molar-refractivity contribution is -0.163. The lowest BCUT2D eigenvalue weighted by atomic mass is 9.82. The summed E-state index contributed by atoms with van der Waals surface area (Å²) < 4.78 is 5.75. The van der Waals surface area contributed by atoms with Gasteiger partial charge in [0.2, 0.25) is 0 Å². The van der Waals surface area contributed by atoms with Gasteiger partial charge < -0.3 is 10.1 Å². The molecule has 0 aromatic heterocycles. The molecule has 0 saturated heterocycles. The highest BCUT2D eigenvalue weighted by molar-refractivity contribution is 5.70. The molecular formula is C16H27NO2. The van der Waals surface area contributed by atoms with Gasteiger partial charge >= 0.3 is 5.97 Å². The van der Waals surface area contributed by atoms with E-state index in [1.165, 1.54) is 6.42 Å². The van der Waals surface area contributed by atoms with Crippen LogP contribution in [0, 0.1) is 12.3 Å². The molecule has 1 rings (SSSR count). The number of nitrogens with one attached hydrogen (secondary N) is 1. The Labute approximate surface area is 117 Å². The average Bonchev–Trinajstić information content (AvgIpc) is 2.37. The van der Waals surface area contributed by atoms with Crippen LogP contribution in [-0.4, -0.2) is 24.2 Å². The van der Waals surface area contributed by atoms with Gasteiger partial charge in [0.1, 0.15) is 5.60 Å². The molecule has 1 fully saturated rings. The Bertz CT molecular complexity index is 313. The van der Waals surface area contributed by atoms with Gasteiger partial charge in [-0.15, -0.1) is 12.3 Å². The highest BCUT2D eigenvalue weighted by Gasteiger charge is 2.35. The van der Waals surface area contributed by atoms with Crippen molar-refractivity contribution in [1.82, 2.24) is 5.32 Å². The molecule has 0 radical (unpaired) electrons. The zero-order valence-electron chi connectivity index (χ0n) is 12.3. The van der Waals surface area contributed by atoms with E-state index in [1.54, 1.807) is 0 Å². The number of carbonyl (C=O) groups is 1. The number of terminal acetylenes is 1. The molecule has 1 saturated carbocycles. The highest BCUT2D eigenvalue weighted by atomic mass is 16.6. The standard InChI is InChI=1S/C16H27NO2/c1-4-9-16(10-7-6-8-11-16)19-15(18)13-14(3)17-12-5-2/h1,14,17H,5-13H2,2-3H3. The summed E-state index contributed by atoms with van der Waals surface area (Å²) in [6.07, 6.45) is 12.8. The number of hydrogen-bond acceptors (Lipinski definition) is 3. The Hall–Kier alpha value is -1.01. The minimum absolute atomic E-state index is 0.117. The molecule has 108 valence electrons. The van der Waals surface area contributed by atoms with E-state index in [1.807, 2.05) is 6.92 Å². The molecule has 1 aliphatic carbocycles. The molecule has 19 heavy (non-hydrogen) atoms. The van der Waals surface area contributed by atoms with Crippen LogP contribution in [0.25, 0.3) is 0 Å². The van der Waals surface area contributed by atoms with Crippen LogP contribution in [0.15, 0.2) is 0 Å². The van der Waals surface area contributed by atoms with Gasteiger partial charge in [-0.1, -0.05) is 13.3 Å². The molecule has 0 amide bonds. The third-order valence-electron chi connectivity index (χ3n) is 3.74. The maximum Gasteiger partial charge on any atom is 0.307 e. The summed E-state index contributed by atoms with van der Waals surface area (Å²) in [4.78, 5) is 12.0. The van der Waals surface area contributed by atoms with Crippen molar-refractivity contribution in [2.24, 2.45) is 0 Å². The molecule has 1 atom stereocenters. The van der Waals surface area contributed by atoms with Crippen LogP contribution in [0.2, 0.25) is 0 Å². The minimum atomic E-state index is -0.380. The molecule has 3 nitrogen and oxygen atoms in total. The van der Waals surface area contributed by atoms with Crippen molar-refractivity contribution in [3.05, 3.63) is 0 Å². The smallest absolute Gasteiger partial charge is 0.307 e. The largest absolute Gasteiger partial charge is 0.458 e. The monoisotopic (exact) mass is 265 g/mol. The van der Waals surface area contributed by atoms with Crippen molar-refractivity contribution in [2.45, 2.75) is 76.9 Å². The van der Waals surface area contributed by atoms with Crippen molar-refractivity contribution < 1.29 is 9.53 Å². The van der Waals surface area contributed by atoms with E-state index in [0.717, 1.165) is 38.6 Å². The number of carbonyl (C=O) groups excluding carboxylic acids is 1. The van der Waals surface area contributed by atoms with Crippen molar-refractivity contribution in [3.8, 4) is 12.3 Å². The zero-order chi connectivity index (χ0) is 14.1. The summed E-state index contributed by atoms with van der Waals surface area (Å²) in [7, 11) is 0. The summed E-state index contributed by atoms with van der Waals surface area (Å²) in [6.45, 7) is 5.07. The highest BCUT2D eigenvalue weighted by Crippen LogP contribution is 2.34. The molecule has 0 heterocycles. The SMILES string of the molecule is C#CCC1(OC(=O)CC(C)NCCC)CCCCC1. The fourth-order valence-corrected chi connectivity index (χ4v) is 2.69. The second-order valence-corrected chi connectivity index (χ2v) is 5.66. The molecule has 0 spiro atoms. The second kappa shape index (κ2) is 8.22. The van der Waals surface area contributed by atoms with Crippen LogP contribution in [-0.2, 0) is 9.53 Å². The molecule has 0 bridgehead atoms. The fraction of sp³-hybridized carbons (Fsp3) is 0.812. The Morgan fingerprint density at radius 3 is 2.68 bits per heavy atom. The van der Waals surface area contributed by atoms with Crippen molar-refractivity contribution in [2.75, 3.05) is 6.54 Å². The van der Waals surface area contributed by atoms with E-state index in [2.05, 4.69) is 18.2 Å². The van der Waals surface area contributed by atoms with Crippen LogP contribution in [0.3, 0.4) is 0 Å². The minimum Gasteiger partial charge on any atom is -0.458 e. The number of hydrogen-bond donors (Lipinski definition) is 1. The zero-order valence-corrected chi connectivity index (χ0v) is 12.3. The molecule has 0 aliphatic heterocycles. The van der Waals surface area contributed by atoms with E-state index in [-0.39, 0.29) is 17.6 Å². The lowest BCUT2D eigenvalue weighted by Gasteiger charge is -2.35. The van der Waals surface area contributed by atoms with E-state index < -0.39 is 0 Å². The first-order valence-corrected chi connectivity index (χ1v) is 7.50. The van der Waals surface area contributed by atoms with Crippen LogP contribution in [0.5, 0.6) is 0 Å². The molecule has 1 N–H and O–H groups in total. The van der Waals surface area contributed by atoms with Gasteiger partial charge in [0, 0.05) is 12.5 Å². The predicted molar refractivity (Wildman–Crippen MR) is 77.7 cm³/mol. The Morgan fingerprint density at radius 1 is 1.42 bits per heavy atom. The number of esters is 1. The van der Waals surface area contributed by atoms with Gasteiger partial charge in [-0.25, -0.2) is 0 Å². The van der Waals surface area contributed by atoms with Crippen molar-refractivity contribution >= 4 is 5.97 Å². The summed E-state index contributed by atoms with van der Waals surface area (Å²) >= 11 is 0. The van der Waals surface area contributed by atoms with Crippen molar-refractivity contribution in [1.29, 1.82) is 0 Å². The molecular weight excluding hydrogens is 238 g/mol. The van der Waals surface area contributed by atoms with Gasteiger partial charge in [0.05, 0.1) is 6.42 Å². The summed E-state index contributed by atoms with van der Waals surface area (Å²) in [5, 5.41) is 3.30. The average molecular weight is 265 g/mol. The van der Waals surface area contributed by atoms with Crippen LogP contribution < -0.4 is 5.32 Å². The van der Waals surface area contributed by atoms with Gasteiger partial charge in [-0.05, 0) is 45.6 Å². The molecule has 1 unspecified atom stereocenters. The number of rotatable bonds is 7. The maximum atomic E-state index is 12.0. The first kappa shape index (κ1) is 16.0. The molecule has 3 heteroatoms. The van der Waals surface area contributed by atoms with Gasteiger partial charge in [0.15, 0.2) is 0 Å². The first-order valence-electron chi connectivity index (χ1n) is 7.50. The summed E-state index contributed by atoms with van der Waals surface area (Å²) in [6, 6.07) is 0.166. The van der Waals surface area contributed by atoms with E-state index in [0.29, 0.717) is 12.8 Å². The lowest BCUT2D eigenvalue weighted by Crippen LogP contribution is -2.39. The quantitative estimate of drug-likeness (QED) is 0.568. The van der Waals surface area contributed by atoms with E-state index in [9.17, 15) is 4.79 Å². The Kier molecular flexibility index (Phi) is 6.94. The number of ether oxygens (including phenoxy) is 1. The molecule has 0 aromatic carbocycles. The third-order valence-corrected chi connectivity index (χ3v) is 3.74. The van der Waals surface area contributed by atoms with Crippen LogP contribution in [0.1, 0.15) is 65.2 Å². The third kappa shape index (κ3) is 5.65. The van der Waals surface area contributed by atoms with Gasteiger partial charge in [-0.2, -0.15) is 0 Å². The van der Waals surface area contributed by atoms with Gasteiger partial charge in [-0.3, -0.25) is 4.79 Å². The van der Waals surface area contributed by atoms with Crippen LogP contribution in [0.4, 0.5) is 0 Å². The van der Waals surface area contributed by atoms with Crippen LogP contribution >= 0.6 is 0 Å². The summed E-state index contributed by atoms with van der Waals surface area (Å²) in [5.41, 5.74) is -0.380. The normalized spacial score (nSPS) is 19.4. The maximum absolute atomic E-state index is 12.0.